The molecule has 3 N–H and O–H groups in total. The van der Waals surface area contributed by atoms with Crippen molar-refractivity contribution in [2.45, 2.75) is 24.5 Å². The summed E-state index contributed by atoms with van der Waals surface area (Å²) in [6.07, 6.45) is -4.13. The molecule has 2 heterocycles. The maximum atomic E-state index is 12.4. The van der Waals surface area contributed by atoms with E-state index in [0.29, 0.717) is 0 Å². The van der Waals surface area contributed by atoms with Gasteiger partial charge in [0.25, 0.3) is 5.56 Å². The fourth-order valence-electron chi connectivity index (χ4n) is 1.71. The minimum Gasteiger partial charge on any atom is -0.387 e. The molecule has 1 aliphatic rings. The fraction of sp³-hybridized carbons (Fsp3) is 0.556. The molecule has 1 fully saturated rings. The minimum absolute atomic E-state index is 0.596. The molecule has 0 saturated carbocycles. The maximum absolute atomic E-state index is 12.4. The molecule has 1 saturated heterocycles. The summed E-state index contributed by atoms with van der Waals surface area (Å²) in [7, 11) is 0. The van der Waals surface area contributed by atoms with E-state index in [1.54, 1.807) is 0 Å². The van der Waals surface area contributed by atoms with Gasteiger partial charge in [-0.05, 0) is 0 Å². The number of alkyl halides is 1. The van der Waals surface area contributed by atoms with Crippen LogP contribution in [0.3, 0.4) is 0 Å². The van der Waals surface area contributed by atoms with Crippen LogP contribution in [0.2, 0.25) is 0 Å². The topological polar surface area (TPSA) is 105 Å². The highest BCUT2D eigenvalue weighted by Crippen LogP contribution is 2.28. The van der Waals surface area contributed by atoms with E-state index >= 15 is 0 Å². The van der Waals surface area contributed by atoms with Gasteiger partial charge in [0, 0.05) is 12.3 Å². The number of aliphatic hydroxyl groups excluding tert-OH is 2. The first kappa shape index (κ1) is 12.0. The van der Waals surface area contributed by atoms with Gasteiger partial charge in [0.1, 0.15) is 25.0 Å². The van der Waals surface area contributed by atoms with Crippen molar-refractivity contribution in [1.29, 1.82) is 0 Å². The van der Waals surface area contributed by atoms with Crippen molar-refractivity contribution in [2.75, 3.05) is 6.67 Å². The van der Waals surface area contributed by atoms with Gasteiger partial charge in [-0.25, -0.2) is 9.18 Å². The molecular formula is C9H11FN2O5. The molecule has 2 rings (SSSR count). The molecule has 0 spiro atoms. The van der Waals surface area contributed by atoms with Crippen LogP contribution in [-0.2, 0) is 4.74 Å². The van der Waals surface area contributed by atoms with Crippen LogP contribution in [0.25, 0.3) is 0 Å². The number of aliphatic hydroxyl groups is 2. The van der Waals surface area contributed by atoms with E-state index in [1.807, 2.05) is 4.98 Å². The summed E-state index contributed by atoms with van der Waals surface area (Å²) in [5.41, 5.74) is -1.39. The maximum Gasteiger partial charge on any atom is 0.330 e. The van der Waals surface area contributed by atoms with E-state index in [1.165, 1.54) is 0 Å². The van der Waals surface area contributed by atoms with Crippen LogP contribution in [0.1, 0.15) is 6.23 Å². The monoisotopic (exact) mass is 246 g/mol. The van der Waals surface area contributed by atoms with Crippen molar-refractivity contribution in [3.05, 3.63) is 33.1 Å². The van der Waals surface area contributed by atoms with Crippen molar-refractivity contribution >= 4 is 0 Å². The van der Waals surface area contributed by atoms with Crippen LogP contribution >= 0.6 is 0 Å². The Hall–Kier alpha value is -1.51. The fourth-order valence-corrected chi connectivity index (χ4v) is 1.71. The zero-order valence-corrected chi connectivity index (χ0v) is 8.62. The summed E-state index contributed by atoms with van der Waals surface area (Å²) in [6, 6.07) is 1.06. The Morgan fingerprint density at radius 3 is 2.65 bits per heavy atom. The number of aromatic nitrogens is 2. The first-order chi connectivity index (χ1) is 8.04. The Morgan fingerprint density at radius 1 is 1.41 bits per heavy atom. The number of hydrogen-bond acceptors (Lipinski definition) is 5. The molecule has 0 unspecified atom stereocenters. The second-order valence-corrected chi connectivity index (χ2v) is 3.72. The van der Waals surface area contributed by atoms with E-state index in [9.17, 15) is 24.2 Å². The SMILES string of the molecule is O=c1ccn([C@@H]2O[C@H](CF)[C@@H](O)[C@H]2O)c(=O)[nH]1. The molecule has 1 aliphatic heterocycles. The Kier molecular flexibility index (Phi) is 3.09. The Morgan fingerprint density at radius 2 is 2.12 bits per heavy atom. The molecule has 0 amide bonds. The zero-order chi connectivity index (χ0) is 12.6. The van der Waals surface area contributed by atoms with E-state index < -0.39 is 42.5 Å². The highest BCUT2D eigenvalue weighted by atomic mass is 19.1. The number of nitrogens with zero attached hydrogens (tertiary/aromatic N) is 1. The van der Waals surface area contributed by atoms with Crippen LogP contribution in [0.5, 0.6) is 0 Å². The van der Waals surface area contributed by atoms with Gasteiger partial charge < -0.3 is 14.9 Å². The summed E-state index contributed by atoms with van der Waals surface area (Å²) in [6.45, 7) is -0.979. The highest BCUT2D eigenvalue weighted by molar-refractivity contribution is 4.92. The van der Waals surface area contributed by atoms with Crippen LogP contribution < -0.4 is 11.2 Å². The smallest absolute Gasteiger partial charge is 0.330 e. The van der Waals surface area contributed by atoms with Crippen molar-refractivity contribution < 1.29 is 19.3 Å². The number of aromatic amines is 1. The van der Waals surface area contributed by atoms with Crippen molar-refractivity contribution in [1.82, 2.24) is 9.55 Å². The van der Waals surface area contributed by atoms with E-state index in [0.717, 1.165) is 16.8 Å². The number of halogens is 1. The molecule has 0 radical (unpaired) electrons. The average Bonchev–Trinajstić information content (AvgIpc) is 2.57. The summed E-state index contributed by atoms with van der Waals surface area (Å²) >= 11 is 0. The average molecular weight is 246 g/mol. The lowest BCUT2D eigenvalue weighted by Crippen LogP contribution is -2.37. The van der Waals surface area contributed by atoms with Crippen molar-refractivity contribution in [3.63, 3.8) is 0 Å². The number of rotatable bonds is 2. The second kappa shape index (κ2) is 4.40. The molecular weight excluding hydrogens is 235 g/mol. The summed E-state index contributed by atoms with van der Waals surface area (Å²) in [4.78, 5) is 24.2. The summed E-state index contributed by atoms with van der Waals surface area (Å²) in [5, 5.41) is 19.0. The third kappa shape index (κ3) is 2.02. The molecule has 1 aromatic heterocycles. The molecule has 0 aliphatic carbocycles. The molecule has 4 atom stereocenters. The van der Waals surface area contributed by atoms with Gasteiger partial charge in [0.05, 0.1) is 0 Å². The molecule has 0 aromatic carbocycles. The summed E-state index contributed by atoms with van der Waals surface area (Å²) in [5.74, 6) is 0. The zero-order valence-electron chi connectivity index (χ0n) is 8.62. The van der Waals surface area contributed by atoms with Crippen LogP contribution in [-0.4, -0.2) is 44.8 Å². The van der Waals surface area contributed by atoms with E-state index in [4.69, 9.17) is 4.74 Å². The molecule has 0 bridgehead atoms. The second-order valence-electron chi connectivity index (χ2n) is 3.72. The summed E-state index contributed by atoms with van der Waals surface area (Å²) < 4.78 is 18.3. The minimum atomic E-state index is -1.43. The molecule has 8 heteroatoms. The number of nitrogens with one attached hydrogen (secondary N) is 1. The van der Waals surface area contributed by atoms with Crippen LogP contribution in [0.15, 0.2) is 21.9 Å². The van der Waals surface area contributed by atoms with Gasteiger partial charge in [0.15, 0.2) is 6.23 Å². The predicted octanol–water partition coefficient (Wildman–Crippen LogP) is -1.87. The Bertz CT molecular complexity index is 513. The largest absolute Gasteiger partial charge is 0.387 e. The van der Waals surface area contributed by atoms with Crippen molar-refractivity contribution in [2.24, 2.45) is 0 Å². The molecule has 1 aromatic rings. The van der Waals surface area contributed by atoms with Crippen molar-refractivity contribution in [3.8, 4) is 0 Å². The van der Waals surface area contributed by atoms with E-state index in [2.05, 4.69) is 0 Å². The standard InChI is InChI=1S/C9H11FN2O5/c10-3-4-6(14)7(15)8(17-4)12-2-1-5(13)11-9(12)16/h1-2,4,6-8,14-15H,3H2,(H,11,13,16)/t4-,6-,7-,8-/m1/s1. The normalized spacial score (nSPS) is 32.9. The number of hydrogen-bond donors (Lipinski definition) is 3. The first-order valence-corrected chi connectivity index (χ1v) is 4.93. The van der Waals surface area contributed by atoms with Gasteiger partial charge in [-0.15, -0.1) is 0 Å². The van der Waals surface area contributed by atoms with Gasteiger partial charge in [0.2, 0.25) is 0 Å². The predicted molar refractivity (Wildman–Crippen MR) is 53.2 cm³/mol. The lowest BCUT2D eigenvalue weighted by atomic mass is 10.1. The Balaban J connectivity index is 2.35. The quantitative estimate of drug-likeness (QED) is 0.567. The van der Waals surface area contributed by atoms with Crippen LogP contribution in [0, 0.1) is 0 Å². The third-order valence-corrected chi connectivity index (χ3v) is 2.61. The van der Waals surface area contributed by atoms with Gasteiger partial charge in [-0.1, -0.05) is 0 Å². The van der Waals surface area contributed by atoms with Gasteiger partial charge in [-0.2, -0.15) is 0 Å². The molecule has 17 heavy (non-hydrogen) atoms. The number of H-pyrrole nitrogens is 1. The highest BCUT2D eigenvalue weighted by Gasteiger charge is 2.43. The number of ether oxygens (including phenoxy) is 1. The molecule has 94 valence electrons. The van der Waals surface area contributed by atoms with Gasteiger partial charge in [-0.3, -0.25) is 14.3 Å². The third-order valence-electron chi connectivity index (χ3n) is 2.61. The van der Waals surface area contributed by atoms with Crippen LogP contribution in [0.4, 0.5) is 4.39 Å². The lowest BCUT2D eigenvalue weighted by Gasteiger charge is -2.16. The van der Waals surface area contributed by atoms with Gasteiger partial charge >= 0.3 is 5.69 Å². The first-order valence-electron chi connectivity index (χ1n) is 4.93. The lowest BCUT2D eigenvalue weighted by molar-refractivity contribution is -0.0454. The Labute approximate surface area is 94.1 Å². The molecule has 7 nitrogen and oxygen atoms in total. The van der Waals surface area contributed by atoms with E-state index in [-0.39, 0.29) is 0 Å².